The molecule has 16 heavy (non-hydrogen) atoms. The number of methoxy groups -OCH3 is 1. The average Bonchev–Trinajstić information content (AvgIpc) is 2.18. The summed E-state index contributed by atoms with van der Waals surface area (Å²) in [4.78, 5) is 14.2. The Bertz CT molecular complexity index is 412. The predicted molar refractivity (Wildman–Crippen MR) is 54.8 cm³/mol. The normalized spacial score (nSPS) is 10.6. The molecule has 0 amide bonds. The third kappa shape index (κ3) is 2.66. The number of ether oxygens (including phenoxy) is 1. The highest BCUT2D eigenvalue weighted by Gasteiger charge is 2.22. The van der Waals surface area contributed by atoms with Crippen LogP contribution >= 0.6 is 15.9 Å². The molecule has 0 spiro atoms. The number of nitrogens with zero attached hydrogens (tertiary/aromatic N) is 1. The van der Waals surface area contributed by atoms with Gasteiger partial charge in [-0.1, -0.05) is 0 Å². The molecule has 1 N–H and O–H groups in total. The summed E-state index contributed by atoms with van der Waals surface area (Å²) >= 11 is 2.87. The zero-order valence-electron chi connectivity index (χ0n) is 8.21. The minimum absolute atomic E-state index is 0.0477. The van der Waals surface area contributed by atoms with Gasteiger partial charge < -0.3 is 9.84 Å². The molecule has 0 aromatic carbocycles. The minimum atomic E-state index is -2.79. The number of aliphatic carboxylic acids is 1. The Morgan fingerprint density at radius 2 is 2.31 bits per heavy atom. The van der Waals surface area contributed by atoms with Crippen LogP contribution in [0.2, 0.25) is 0 Å². The zero-order chi connectivity index (χ0) is 12.3. The van der Waals surface area contributed by atoms with E-state index in [1.165, 1.54) is 13.3 Å². The van der Waals surface area contributed by atoms with Crippen LogP contribution in [0.3, 0.4) is 0 Å². The van der Waals surface area contributed by atoms with Crippen LogP contribution < -0.4 is 4.74 Å². The predicted octanol–water partition coefficient (Wildman–Crippen LogP) is 2.42. The van der Waals surface area contributed by atoms with E-state index in [0.29, 0.717) is 0 Å². The van der Waals surface area contributed by atoms with Crippen LogP contribution in [0.25, 0.3) is 0 Å². The summed E-state index contributed by atoms with van der Waals surface area (Å²) in [6.07, 6.45) is -2.00. The number of hydrogen-bond donors (Lipinski definition) is 1. The maximum absolute atomic E-state index is 12.7. The molecule has 0 unspecified atom stereocenters. The van der Waals surface area contributed by atoms with Crippen molar-refractivity contribution >= 4 is 21.9 Å². The van der Waals surface area contributed by atoms with Crippen LogP contribution in [0.4, 0.5) is 8.78 Å². The second-order valence-electron chi connectivity index (χ2n) is 2.89. The number of hydrogen-bond acceptors (Lipinski definition) is 3. The van der Waals surface area contributed by atoms with Crippen molar-refractivity contribution < 1.29 is 23.4 Å². The lowest BCUT2D eigenvalue weighted by molar-refractivity contribution is -0.136. The molecule has 0 aliphatic heterocycles. The molecule has 88 valence electrons. The fourth-order valence-corrected chi connectivity index (χ4v) is 1.70. The van der Waals surface area contributed by atoms with Gasteiger partial charge in [-0.15, -0.1) is 0 Å². The van der Waals surface area contributed by atoms with Crippen molar-refractivity contribution in [2.45, 2.75) is 12.8 Å². The average molecular weight is 296 g/mol. The van der Waals surface area contributed by atoms with Crippen LogP contribution in [0.1, 0.15) is 17.6 Å². The molecule has 0 aliphatic rings. The first kappa shape index (κ1) is 12.8. The number of aromatic nitrogens is 1. The van der Waals surface area contributed by atoms with Gasteiger partial charge in [0, 0.05) is 11.8 Å². The summed E-state index contributed by atoms with van der Waals surface area (Å²) in [5.41, 5.74) is -0.310. The van der Waals surface area contributed by atoms with Gasteiger partial charge in [0.05, 0.1) is 19.1 Å². The Hall–Kier alpha value is -1.24. The van der Waals surface area contributed by atoms with Crippen LogP contribution in [-0.2, 0) is 11.2 Å². The van der Waals surface area contributed by atoms with Crippen LogP contribution in [0, 0.1) is 0 Å². The molecule has 1 aromatic rings. The first-order chi connectivity index (χ1) is 7.47. The summed E-state index contributed by atoms with van der Waals surface area (Å²) in [5, 5.41) is 8.60. The van der Waals surface area contributed by atoms with E-state index in [9.17, 15) is 13.6 Å². The number of pyridine rings is 1. The van der Waals surface area contributed by atoms with Crippen LogP contribution in [0.5, 0.6) is 5.75 Å². The first-order valence-corrected chi connectivity index (χ1v) is 4.97. The summed E-state index contributed by atoms with van der Waals surface area (Å²) in [6, 6.07) is 0. The van der Waals surface area contributed by atoms with Gasteiger partial charge in [0.25, 0.3) is 6.43 Å². The molecule has 7 heteroatoms. The van der Waals surface area contributed by atoms with Gasteiger partial charge in [-0.05, 0) is 15.9 Å². The summed E-state index contributed by atoms with van der Waals surface area (Å²) in [7, 11) is 1.21. The molecule has 0 bridgehead atoms. The van der Waals surface area contributed by atoms with Crippen molar-refractivity contribution in [2.24, 2.45) is 0 Å². The van der Waals surface area contributed by atoms with Crippen molar-refractivity contribution in [3.8, 4) is 5.75 Å². The topological polar surface area (TPSA) is 59.4 Å². The van der Waals surface area contributed by atoms with Gasteiger partial charge in [-0.3, -0.25) is 4.79 Å². The largest absolute Gasteiger partial charge is 0.496 e. The van der Waals surface area contributed by atoms with E-state index >= 15 is 0 Å². The number of alkyl halides is 2. The second-order valence-corrected chi connectivity index (χ2v) is 3.64. The Kier molecular flexibility index (Phi) is 4.17. The van der Waals surface area contributed by atoms with Crippen molar-refractivity contribution in [3.63, 3.8) is 0 Å². The Morgan fingerprint density at radius 1 is 1.69 bits per heavy atom. The van der Waals surface area contributed by atoms with E-state index in [-0.39, 0.29) is 15.9 Å². The SMILES string of the molecule is COc1c(CC(=O)O)cnc(Br)c1C(F)F. The van der Waals surface area contributed by atoms with Crippen molar-refractivity contribution in [1.29, 1.82) is 0 Å². The standard InChI is InChI=1S/C9H8BrF2NO3/c1-16-7-4(2-5(14)15)3-13-8(10)6(7)9(11)12/h3,9H,2H2,1H3,(H,14,15). The number of carbonyl (C=O) groups is 1. The van der Waals surface area contributed by atoms with Gasteiger partial charge in [-0.2, -0.15) is 0 Å². The number of halogens is 3. The van der Waals surface area contributed by atoms with Crippen LogP contribution in [-0.4, -0.2) is 23.2 Å². The molecule has 1 heterocycles. The van der Waals surface area contributed by atoms with Crippen molar-refractivity contribution in [3.05, 3.63) is 21.9 Å². The van der Waals surface area contributed by atoms with E-state index in [4.69, 9.17) is 9.84 Å². The quantitative estimate of drug-likeness (QED) is 0.867. The first-order valence-electron chi connectivity index (χ1n) is 4.18. The number of rotatable bonds is 4. The molecule has 0 atom stereocenters. The molecule has 4 nitrogen and oxygen atoms in total. The van der Waals surface area contributed by atoms with E-state index < -0.39 is 24.4 Å². The molecule has 0 radical (unpaired) electrons. The summed E-state index contributed by atoms with van der Waals surface area (Å²) in [5.74, 6) is -1.28. The molecule has 0 aliphatic carbocycles. The lowest BCUT2D eigenvalue weighted by atomic mass is 10.1. The fourth-order valence-electron chi connectivity index (χ4n) is 1.25. The maximum atomic E-state index is 12.7. The van der Waals surface area contributed by atoms with Crippen LogP contribution in [0.15, 0.2) is 10.8 Å². The van der Waals surface area contributed by atoms with Gasteiger partial charge in [0.2, 0.25) is 0 Å². The summed E-state index contributed by atoms with van der Waals surface area (Å²) in [6.45, 7) is 0. The Morgan fingerprint density at radius 3 is 2.75 bits per heavy atom. The Balaban J connectivity index is 3.30. The highest BCUT2D eigenvalue weighted by molar-refractivity contribution is 9.10. The number of carboxylic acid groups (broad SMARTS) is 1. The zero-order valence-corrected chi connectivity index (χ0v) is 9.79. The highest BCUT2D eigenvalue weighted by Crippen LogP contribution is 2.36. The Labute approximate surface area is 98.4 Å². The monoisotopic (exact) mass is 295 g/mol. The van der Waals surface area contributed by atoms with Gasteiger partial charge in [-0.25, -0.2) is 13.8 Å². The molecule has 0 saturated heterocycles. The third-order valence-electron chi connectivity index (χ3n) is 1.86. The smallest absolute Gasteiger partial charge is 0.308 e. The van der Waals surface area contributed by atoms with Gasteiger partial charge >= 0.3 is 5.97 Å². The van der Waals surface area contributed by atoms with E-state index in [1.54, 1.807) is 0 Å². The summed E-state index contributed by atoms with van der Waals surface area (Å²) < 4.78 is 30.1. The van der Waals surface area contributed by atoms with Crippen molar-refractivity contribution in [2.75, 3.05) is 7.11 Å². The highest BCUT2D eigenvalue weighted by atomic mass is 79.9. The minimum Gasteiger partial charge on any atom is -0.496 e. The second kappa shape index (κ2) is 5.20. The van der Waals surface area contributed by atoms with Gasteiger partial charge in [0.1, 0.15) is 10.4 Å². The fraction of sp³-hybridized carbons (Fsp3) is 0.333. The van der Waals surface area contributed by atoms with E-state index in [2.05, 4.69) is 20.9 Å². The lowest BCUT2D eigenvalue weighted by Crippen LogP contribution is -2.06. The number of carboxylic acids is 1. The van der Waals surface area contributed by atoms with E-state index in [0.717, 1.165) is 0 Å². The third-order valence-corrected chi connectivity index (χ3v) is 2.49. The van der Waals surface area contributed by atoms with Crippen molar-refractivity contribution in [1.82, 2.24) is 4.98 Å². The molecule has 0 fully saturated rings. The molecule has 1 aromatic heterocycles. The molecular formula is C9H8BrF2NO3. The van der Waals surface area contributed by atoms with Gasteiger partial charge in [0.15, 0.2) is 0 Å². The maximum Gasteiger partial charge on any atom is 0.308 e. The molecule has 1 rings (SSSR count). The lowest BCUT2D eigenvalue weighted by Gasteiger charge is -2.12. The molecule has 0 saturated carbocycles. The van der Waals surface area contributed by atoms with E-state index in [1.807, 2.05) is 0 Å². The molecular weight excluding hydrogens is 288 g/mol.